The van der Waals surface area contributed by atoms with Crippen molar-refractivity contribution in [2.24, 2.45) is 10.4 Å². The monoisotopic (exact) mass is 325 g/mol. The lowest BCUT2D eigenvalue weighted by Gasteiger charge is -2.15. The topological polar surface area (TPSA) is 164 Å². The maximum Gasteiger partial charge on any atom is 0.378 e. The standard InChI is InChI=1S/C12H11N3O8/c16-5-8(17)10-11(9(18)12(19)22-10)23-14-13-6-1-3-7(4-2-6)15(20)21/h1-4,8,10,16-18H,5H2. The molecule has 1 aromatic rings. The zero-order chi connectivity index (χ0) is 17.0. The Balaban J connectivity index is 2.08. The maximum atomic E-state index is 11.2. The van der Waals surface area contributed by atoms with Crippen molar-refractivity contribution in [3.8, 4) is 0 Å². The van der Waals surface area contributed by atoms with Crippen molar-refractivity contribution >= 4 is 17.3 Å². The molecule has 2 rings (SSSR count). The van der Waals surface area contributed by atoms with E-state index in [1.54, 1.807) is 0 Å². The van der Waals surface area contributed by atoms with Gasteiger partial charge in [-0.2, -0.15) is 0 Å². The van der Waals surface area contributed by atoms with Gasteiger partial charge in [0.25, 0.3) is 5.69 Å². The van der Waals surface area contributed by atoms with E-state index in [1.807, 2.05) is 0 Å². The summed E-state index contributed by atoms with van der Waals surface area (Å²) in [5, 5.41) is 45.1. The van der Waals surface area contributed by atoms with Crippen LogP contribution < -0.4 is 0 Å². The summed E-state index contributed by atoms with van der Waals surface area (Å²) in [7, 11) is 0. The average Bonchev–Trinajstić information content (AvgIpc) is 2.83. The van der Waals surface area contributed by atoms with Gasteiger partial charge in [-0.3, -0.25) is 10.1 Å². The van der Waals surface area contributed by atoms with Crippen LogP contribution in [0.3, 0.4) is 0 Å². The van der Waals surface area contributed by atoms with Crippen LogP contribution in [0.1, 0.15) is 0 Å². The number of nitro groups is 1. The first-order chi connectivity index (χ1) is 10.9. The third kappa shape index (κ3) is 3.59. The number of ether oxygens (including phenoxy) is 1. The summed E-state index contributed by atoms with van der Waals surface area (Å²) in [5.41, 5.74) is 0.0753. The van der Waals surface area contributed by atoms with Crippen molar-refractivity contribution in [3.63, 3.8) is 0 Å². The first-order valence-electron chi connectivity index (χ1n) is 6.19. The van der Waals surface area contributed by atoms with Gasteiger partial charge in [-0.05, 0) is 12.1 Å². The van der Waals surface area contributed by atoms with E-state index >= 15 is 0 Å². The van der Waals surface area contributed by atoms with E-state index < -0.39 is 41.2 Å². The van der Waals surface area contributed by atoms with E-state index in [2.05, 4.69) is 15.1 Å². The van der Waals surface area contributed by atoms with Crippen LogP contribution in [0.5, 0.6) is 0 Å². The number of non-ortho nitro benzene ring substituents is 1. The van der Waals surface area contributed by atoms with Crippen LogP contribution in [0.2, 0.25) is 0 Å². The highest BCUT2D eigenvalue weighted by Crippen LogP contribution is 2.26. The Hall–Kier alpha value is -3.05. The van der Waals surface area contributed by atoms with Crippen molar-refractivity contribution in [1.82, 2.24) is 0 Å². The number of carbonyl (C=O) groups excluding carboxylic acids is 1. The number of hydrogen-bond acceptors (Lipinski definition) is 10. The summed E-state index contributed by atoms with van der Waals surface area (Å²) in [6, 6.07) is 5.00. The second-order valence-electron chi connectivity index (χ2n) is 4.34. The molecule has 11 heteroatoms. The van der Waals surface area contributed by atoms with E-state index in [-0.39, 0.29) is 11.4 Å². The summed E-state index contributed by atoms with van der Waals surface area (Å²) in [5.74, 6) is -2.53. The molecule has 0 saturated heterocycles. The fourth-order valence-corrected chi connectivity index (χ4v) is 1.66. The van der Waals surface area contributed by atoms with Gasteiger partial charge in [0.05, 0.1) is 17.2 Å². The Labute approximate surface area is 128 Å². The number of rotatable bonds is 6. The maximum absolute atomic E-state index is 11.2. The van der Waals surface area contributed by atoms with Crippen LogP contribution in [-0.4, -0.2) is 45.0 Å². The van der Waals surface area contributed by atoms with Crippen molar-refractivity contribution in [2.75, 3.05) is 6.61 Å². The summed E-state index contributed by atoms with van der Waals surface area (Å²) in [6.45, 7) is -0.739. The largest absolute Gasteiger partial charge is 0.499 e. The number of nitrogens with zero attached hydrogens (tertiary/aromatic N) is 3. The zero-order valence-electron chi connectivity index (χ0n) is 11.4. The predicted molar refractivity (Wildman–Crippen MR) is 71.3 cm³/mol. The first kappa shape index (κ1) is 16.3. The molecule has 0 aromatic heterocycles. The van der Waals surface area contributed by atoms with Gasteiger partial charge in [0.15, 0.2) is 6.10 Å². The second kappa shape index (κ2) is 6.81. The van der Waals surface area contributed by atoms with Crippen LogP contribution in [0.15, 0.2) is 46.2 Å². The van der Waals surface area contributed by atoms with Crippen molar-refractivity contribution < 1.29 is 34.6 Å². The van der Waals surface area contributed by atoms with Crippen LogP contribution in [-0.2, 0) is 14.4 Å². The quantitative estimate of drug-likeness (QED) is 0.297. The lowest BCUT2D eigenvalue weighted by Crippen LogP contribution is -2.32. The van der Waals surface area contributed by atoms with Crippen LogP contribution in [0.25, 0.3) is 0 Å². The lowest BCUT2D eigenvalue weighted by molar-refractivity contribution is -0.384. The molecule has 0 radical (unpaired) electrons. The van der Waals surface area contributed by atoms with E-state index in [9.17, 15) is 25.1 Å². The smallest absolute Gasteiger partial charge is 0.378 e. The summed E-state index contributed by atoms with van der Waals surface area (Å²) in [4.78, 5) is 25.9. The molecule has 0 aliphatic carbocycles. The number of aliphatic hydroxyl groups is 3. The molecule has 0 spiro atoms. The number of nitro benzene ring substituents is 1. The number of benzene rings is 1. The van der Waals surface area contributed by atoms with Crippen molar-refractivity contribution in [3.05, 3.63) is 45.9 Å². The van der Waals surface area contributed by atoms with Gasteiger partial charge in [-0.1, -0.05) is 0 Å². The predicted octanol–water partition coefficient (Wildman–Crippen LogP) is 0.658. The summed E-state index contributed by atoms with van der Waals surface area (Å²) >= 11 is 0. The molecule has 1 aliphatic rings. The van der Waals surface area contributed by atoms with Gasteiger partial charge in [-0.15, -0.1) is 5.11 Å². The minimum Gasteiger partial charge on any atom is -0.499 e. The normalized spacial score (nSPS) is 19.0. The highest BCUT2D eigenvalue weighted by atomic mass is 16.7. The molecule has 0 bridgehead atoms. The van der Waals surface area contributed by atoms with E-state index in [1.165, 1.54) is 24.3 Å². The van der Waals surface area contributed by atoms with Crippen molar-refractivity contribution in [1.29, 1.82) is 0 Å². The third-order valence-electron chi connectivity index (χ3n) is 2.81. The zero-order valence-corrected chi connectivity index (χ0v) is 11.4. The second-order valence-corrected chi connectivity index (χ2v) is 4.34. The molecule has 11 nitrogen and oxygen atoms in total. The van der Waals surface area contributed by atoms with E-state index in [0.717, 1.165) is 0 Å². The molecule has 0 amide bonds. The Bertz CT molecular complexity index is 669. The average molecular weight is 325 g/mol. The number of carbonyl (C=O) groups is 1. The fourth-order valence-electron chi connectivity index (χ4n) is 1.66. The van der Waals surface area contributed by atoms with Gasteiger partial charge < -0.3 is 24.9 Å². The highest BCUT2D eigenvalue weighted by molar-refractivity contribution is 5.89. The highest BCUT2D eigenvalue weighted by Gasteiger charge is 2.41. The molecule has 2 unspecified atom stereocenters. The Kier molecular flexibility index (Phi) is 4.83. The molecule has 2 atom stereocenters. The molecular formula is C12H11N3O8. The SMILES string of the molecule is O=C1OC(C(O)CO)C(ON=Nc2ccc([N+](=O)[O-])cc2)=C1O. The third-order valence-corrected chi connectivity index (χ3v) is 2.81. The molecular weight excluding hydrogens is 314 g/mol. The summed E-state index contributed by atoms with van der Waals surface area (Å²) < 4.78 is 4.61. The van der Waals surface area contributed by atoms with Crippen LogP contribution in [0.4, 0.5) is 11.4 Å². The van der Waals surface area contributed by atoms with Gasteiger partial charge >= 0.3 is 5.97 Å². The molecule has 1 heterocycles. The van der Waals surface area contributed by atoms with Crippen LogP contribution >= 0.6 is 0 Å². The Morgan fingerprint density at radius 1 is 1.39 bits per heavy atom. The molecule has 3 N–H and O–H groups in total. The van der Waals surface area contributed by atoms with Gasteiger partial charge in [0.1, 0.15) is 6.10 Å². The Morgan fingerprint density at radius 3 is 2.61 bits per heavy atom. The molecule has 1 aromatic carbocycles. The van der Waals surface area contributed by atoms with Gasteiger partial charge in [-0.25, -0.2) is 4.79 Å². The number of cyclic esters (lactones) is 1. The molecule has 1 aliphatic heterocycles. The Morgan fingerprint density at radius 2 is 2.04 bits per heavy atom. The van der Waals surface area contributed by atoms with E-state index in [4.69, 9.17) is 9.94 Å². The molecule has 0 saturated carbocycles. The molecule has 0 fully saturated rings. The minimum atomic E-state index is -1.51. The summed E-state index contributed by atoms with van der Waals surface area (Å²) in [6.07, 6.45) is -2.92. The van der Waals surface area contributed by atoms with Crippen molar-refractivity contribution in [2.45, 2.75) is 12.2 Å². The van der Waals surface area contributed by atoms with Crippen LogP contribution in [0, 0.1) is 10.1 Å². The van der Waals surface area contributed by atoms with Gasteiger partial charge in [0, 0.05) is 17.4 Å². The number of esters is 1. The molecule has 23 heavy (non-hydrogen) atoms. The fraction of sp³-hybridized carbons (Fsp3) is 0.250. The van der Waals surface area contributed by atoms with Gasteiger partial charge in [0.2, 0.25) is 11.5 Å². The first-order valence-corrected chi connectivity index (χ1v) is 6.19. The minimum absolute atomic E-state index is 0.133. The van der Waals surface area contributed by atoms with E-state index in [0.29, 0.717) is 0 Å². The number of aliphatic hydroxyl groups excluding tert-OH is 3. The lowest BCUT2D eigenvalue weighted by atomic mass is 10.2. The number of hydrogen-bond donors (Lipinski definition) is 3. The molecule has 122 valence electrons.